The monoisotopic (exact) mass is 358 g/mol. The maximum absolute atomic E-state index is 6.09. The predicted molar refractivity (Wildman–Crippen MR) is 99.9 cm³/mol. The molecule has 2 aliphatic heterocycles. The molecular weight excluding hydrogens is 336 g/mol. The van der Waals surface area contributed by atoms with Crippen molar-refractivity contribution in [3.63, 3.8) is 0 Å². The van der Waals surface area contributed by atoms with E-state index in [9.17, 15) is 0 Å². The van der Waals surface area contributed by atoms with Crippen LogP contribution in [0.5, 0.6) is 0 Å². The summed E-state index contributed by atoms with van der Waals surface area (Å²) in [6, 6.07) is 10.8. The van der Waals surface area contributed by atoms with Crippen molar-refractivity contribution in [3.8, 4) is 11.3 Å². The number of rotatable bonds is 4. The van der Waals surface area contributed by atoms with Crippen LogP contribution in [0.4, 0.5) is 5.82 Å². The molecule has 0 spiro atoms. The van der Waals surface area contributed by atoms with Crippen molar-refractivity contribution < 1.29 is 4.74 Å². The van der Waals surface area contributed by atoms with Crippen molar-refractivity contribution >= 4 is 17.4 Å². The van der Waals surface area contributed by atoms with Gasteiger partial charge < -0.3 is 10.1 Å². The molecule has 4 rings (SSSR count). The Morgan fingerprint density at radius 1 is 1.12 bits per heavy atom. The molecule has 1 atom stereocenters. The number of benzene rings is 1. The molecule has 1 aromatic heterocycles. The summed E-state index contributed by atoms with van der Waals surface area (Å²) in [5.74, 6) is 0.882. The Balaban J connectivity index is 1.38. The van der Waals surface area contributed by atoms with Crippen molar-refractivity contribution in [2.75, 3.05) is 31.6 Å². The molecule has 2 saturated heterocycles. The second-order valence-electron chi connectivity index (χ2n) is 6.77. The van der Waals surface area contributed by atoms with E-state index in [0.29, 0.717) is 17.1 Å². The summed E-state index contributed by atoms with van der Waals surface area (Å²) >= 11 is 6.09. The van der Waals surface area contributed by atoms with E-state index in [1.165, 1.54) is 6.42 Å². The van der Waals surface area contributed by atoms with Gasteiger partial charge in [-0.2, -0.15) is 0 Å². The molecule has 2 aromatic rings. The van der Waals surface area contributed by atoms with Crippen LogP contribution < -0.4 is 5.32 Å². The minimum absolute atomic E-state index is 0.459. The zero-order valence-corrected chi connectivity index (χ0v) is 15.0. The van der Waals surface area contributed by atoms with Crippen LogP contribution in [0.25, 0.3) is 11.3 Å². The van der Waals surface area contributed by atoms with Gasteiger partial charge in [-0.3, -0.25) is 4.90 Å². The maximum Gasteiger partial charge on any atom is 0.130 e. The lowest BCUT2D eigenvalue weighted by atomic mass is 10.0. The zero-order valence-electron chi connectivity index (χ0n) is 14.2. The van der Waals surface area contributed by atoms with Crippen molar-refractivity contribution in [1.82, 2.24) is 14.9 Å². The number of hydrogen-bond donors (Lipinski definition) is 1. The van der Waals surface area contributed by atoms with Gasteiger partial charge in [0.1, 0.15) is 12.1 Å². The quantitative estimate of drug-likeness (QED) is 0.907. The van der Waals surface area contributed by atoms with E-state index < -0.39 is 0 Å². The number of anilines is 1. The first-order valence-electron chi connectivity index (χ1n) is 8.94. The van der Waals surface area contributed by atoms with E-state index in [0.717, 1.165) is 56.2 Å². The maximum atomic E-state index is 6.09. The number of halogens is 1. The van der Waals surface area contributed by atoms with Gasteiger partial charge in [-0.1, -0.05) is 23.7 Å². The number of aromatic nitrogens is 2. The molecule has 1 N–H and O–H groups in total. The lowest BCUT2D eigenvalue weighted by Crippen LogP contribution is -2.44. The molecule has 6 heteroatoms. The molecule has 2 fully saturated rings. The van der Waals surface area contributed by atoms with E-state index in [2.05, 4.69) is 20.2 Å². The molecule has 5 nitrogen and oxygen atoms in total. The van der Waals surface area contributed by atoms with Crippen LogP contribution in [-0.4, -0.2) is 53.3 Å². The molecule has 0 aliphatic carbocycles. The normalized spacial score (nSPS) is 22.2. The largest absolute Gasteiger partial charge is 0.380 e. The van der Waals surface area contributed by atoms with Crippen LogP contribution in [0.2, 0.25) is 5.02 Å². The fourth-order valence-corrected chi connectivity index (χ4v) is 3.86. The van der Waals surface area contributed by atoms with E-state index >= 15 is 0 Å². The Kier molecular flexibility index (Phi) is 5.15. The van der Waals surface area contributed by atoms with Gasteiger partial charge >= 0.3 is 0 Å². The average Bonchev–Trinajstić information content (AvgIpc) is 3.17. The summed E-state index contributed by atoms with van der Waals surface area (Å²) in [5.41, 5.74) is 1.90. The van der Waals surface area contributed by atoms with Gasteiger partial charge in [0.2, 0.25) is 0 Å². The summed E-state index contributed by atoms with van der Waals surface area (Å²) in [4.78, 5) is 11.3. The van der Waals surface area contributed by atoms with Crippen molar-refractivity contribution in [1.29, 1.82) is 0 Å². The summed E-state index contributed by atoms with van der Waals surface area (Å²) in [6.45, 7) is 4.05. The molecule has 0 saturated carbocycles. The number of nitrogens with one attached hydrogen (secondary N) is 1. The van der Waals surface area contributed by atoms with E-state index in [4.69, 9.17) is 16.3 Å². The number of likely N-dealkylation sites (tertiary alicyclic amines) is 1. The second kappa shape index (κ2) is 7.68. The van der Waals surface area contributed by atoms with Gasteiger partial charge in [0.05, 0.1) is 12.3 Å². The van der Waals surface area contributed by atoms with E-state index in [1.807, 2.05) is 30.3 Å². The lowest BCUT2D eigenvalue weighted by molar-refractivity contribution is 0.124. The first-order chi connectivity index (χ1) is 12.3. The van der Waals surface area contributed by atoms with Gasteiger partial charge in [0.25, 0.3) is 0 Å². The lowest BCUT2D eigenvalue weighted by Gasteiger charge is -2.35. The minimum Gasteiger partial charge on any atom is -0.380 e. The van der Waals surface area contributed by atoms with E-state index in [1.54, 1.807) is 6.33 Å². The molecule has 0 radical (unpaired) electrons. The van der Waals surface area contributed by atoms with E-state index in [-0.39, 0.29) is 0 Å². The number of ether oxygens (including phenoxy) is 1. The topological polar surface area (TPSA) is 50.3 Å². The molecule has 25 heavy (non-hydrogen) atoms. The number of nitrogens with zero attached hydrogens (tertiary/aromatic N) is 3. The standard InChI is InChI=1S/C19H23ClN4O/c20-15-3-1-2-14(10-15)18-11-19(22-13-21-18)23-16-4-7-24(8-5-16)17-6-9-25-12-17/h1-3,10-11,13,16-17H,4-9,12H2,(H,21,22,23). The third kappa shape index (κ3) is 4.11. The Morgan fingerprint density at radius 3 is 2.76 bits per heavy atom. The van der Waals surface area contributed by atoms with Crippen molar-refractivity contribution in [2.24, 2.45) is 0 Å². The smallest absolute Gasteiger partial charge is 0.130 e. The van der Waals surface area contributed by atoms with Crippen LogP contribution in [0.1, 0.15) is 19.3 Å². The molecule has 132 valence electrons. The fraction of sp³-hybridized carbons (Fsp3) is 0.474. The Labute approximate surface area is 153 Å². The molecule has 3 heterocycles. The van der Waals surface area contributed by atoms with Crippen molar-refractivity contribution in [2.45, 2.75) is 31.3 Å². The number of hydrogen-bond acceptors (Lipinski definition) is 5. The van der Waals surface area contributed by atoms with Crippen LogP contribution >= 0.6 is 11.6 Å². The minimum atomic E-state index is 0.459. The predicted octanol–water partition coefficient (Wildman–Crippen LogP) is 3.46. The Bertz CT molecular complexity index is 712. The highest BCUT2D eigenvalue weighted by Gasteiger charge is 2.27. The van der Waals surface area contributed by atoms with Gasteiger partial charge in [-0.25, -0.2) is 9.97 Å². The summed E-state index contributed by atoms with van der Waals surface area (Å²) in [7, 11) is 0. The first kappa shape index (κ1) is 16.8. The third-order valence-electron chi connectivity index (χ3n) is 5.09. The molecule has 2 aliphatic rings. The molecule has 1 aromatic carbocycles. The highest BCUT2D eigenvalue weighted by molar-refractivity contribution is 6.30. The van der Waals surface area contributed by atoms with Crippen LogP contribution in [0, 0.1) is 0 Å². The van der Waals surface area contributed by atoms with Gasteiger partial charge in [-0.15, -0.1) is 0 Å². The molecular formula is C19H23ClN4O. The van der Waals surface area contributed by atoms with Crippen LogP contribution in [-0.2, 0) is 4.74 Å². The SMILES string of the molecule is Clc1cccc(-c2cc(NC3CCN(C4CCOC4)CC3)ncn2)c1. The Hall–Kier alpha value is -1.69. The van der Waals surface area contributed by atoms with Gasteiger partial charge in [-0.05, 0) is 31.4 Å². The van der Waals surface area contributed by atoms with Crippen molar-refractivity contribution in [3.05, 3.63) is 41.7 Å². The highest BCUT2D eigenvalue weighted by atomic mass is 35.5. The van der Waals surface area contributed by atoms with Gasteiger partial charge in [0.15, 0.2) is 0 Å². The van der Waals surface area contributed by atoms with Gasteiger partial charge in [0, 0.05) is 48.4 Å². The third-order valence-corrected chi connectivity index (χ3v) is 5.33. The molecule has 0 bridgehead atoms. The second-order valence-corrected chi connectivity index (χ2v) is 7.21. The molecule has 1 unspecified atom stereocenters. The van der Waals surface area contributed by atoms with Crippen LogP contribution in [0.3, 0.4) is 0 Å². The highest BCUT2D eigenvalue weighted by Crippen LogP contribution is 2.24. The molecule has 0 amide bonds. The summed E-state index contributed by atoms with van der Waals surface area (Å²) in [6.07, 6.45) is 5.05. The fourth-order valence-electron chi connectivity index (χ4n) is 3.67. The Morgan fingerprint density at radius 2 is 2.00 bits per heavy atom. The summed E-state index contributed by atoms with van der Waals surface area (Å²) < 4.78 is 5.51. The average molecular weight is 359 g/mol. The summed E-state index contributed by atoms with van der Waals surface area (Å²) in [5, 5.41) is 4.29. The van der Waals surface area contributed by atoms with Crippen LogP contribution in [0.15, 0.2) is 36.7 Å². The zero-order chi connectivity index (χ0) is 17.1. The first-order valence-corrected chi connectivity index (χ1v) is 9.32. The number of piperidine rings is 1.